The number of hydrogen-bond acceptors (Lipinski definition) is 7. The van der Waals surface area contributed by atoms with Gasteiger partial charge in [0.1, 0.15) is 16.5 Å². The van der Waals surface area contributed by atoms with Crippen molar-refractivity contribution in [2.45, 2.75) is 51.6 Å². The zero-order valence-electron chi connectivity index (χ0n) is 17.5. The van der Waals surface area contributed by atoms with Crippen molar-refractivity contribution in [3.05, 3.63) is 16.3 Å². The molecule has 0 spiro atoms. The Hall–Kier alpha value is -1.28. The minimum Gasteiger partial charge on any atom is -0.379 e. The van der Waals surface area contributed by atoms with E-state index in [9.17, 15) is 0 Å². The Labute approximate surface area is 172 Å². The van der Waals surface area contributed by atoms with Crippen molar-refractivity contribution in [1.29, 1.82) is 0 Å². The normalized spacial score (nSPS) is 19.1. The number of nitrogens with one attached hydrogen (secondary N) is 1. The van der Waals surface area contributed by atoms with Crippen LogP contribution in [0.1, 0.15) is 42.5 Å². The Kier molecular flexibility index (Phi) is 6.45. The van der Waals surface area contributed by atoms with Crippen LogP contribution in [0.5, 0.6) is 0 Å². The molecule has 1 saturated heterocycles. The fourth-order valence-corrected chi connectivity index (χ4v) is 5.37. The molecule has 2 aromatic rings. The van der Waals surface area contributed by atoms with E-state index in [1.807, 2.05) is 11.3 Å². The molecule has 7 heteroatoms. The largest absolute Gasteiger partial charge is 0.379 e. The molecule has 1 N–H and O–H groups in total. The summed E-state index contributed by atoms with van der Waals surface area (Å²) in [6.07, 6.45) is 6.05. The average Bonchev–Trinajstić information content (AvgIpc) is 3.06. The molecule has 0 amide bonds. The molecule has 2 aromatic heterocycles. The molecule has 0 bridgehead atoms. The number of nitrogens with zero attached hydrogens (tertiary/aromatic N) is 4. The maximum absolute atomic E-state index is 5.49. The van der Waals surface area contributed by atoms with Gasteiger partial charge < -0.3 is 15.0 Å². The van der Waals surface area contributed by atoms with Crippen LogP contribution in [0.25, 0.3) is 10.2 Å². The highest BCUT2D eigenvalue weighted by molar-refractivity contribution is 7.19. The van der Waals surface area contributed by atoms with Gasteiger partial charge >= 0.3 is 0 Å². The third-order valence-corrected chi connectivity index (χ3v) is 6.91. The Morgan fingerprint density at radius 2 is 1.96 bits per heavy atom. The van der Waals surface area contributed by atoms with E-state index in [4.69, 9.17) is 14.7 Å². The maximum atomic E-state index is 5.49. The van der Waals surface area contributed by atoms with Gasteiger partial charge in [-0.15, -0.1) is 11.3 Å². The highest BCUT2D eigenvalue weighted by atomic mass is 32.1. The van der Waals surface area contributed by atoms with E-state index in [1.54, 1.807) is 0 Å². The number of hydrogen-bond donors (Lipinski definition) is 1. The first-order chi connectivity index (χ1) is 13.6. The van der Waals surface area contributed by atoms with Gasteiger partial charge in [0.25, 0.3) is 0 Å². The van der Waals surface area contributed by atoms with Crippen molar-refractivity contribution < 1.29 is 4.74 Å². The average molecular weight is 404 g/mol. The molecule has 1 unspecified atom stereocenters. The number of anilines is 1. The van der Waals surface area contributed by atoms with Gasteiger partial charge in [-0.05, 0) is 65.2 Å². The number of aromatic nitrogens is 2. The number of ether oxygens (including phenoxy) is 1. The molecule has 154 valence electrons. The molecule has 28 heavy (non-hydrogen) atoms. The molecule has 4 rings (SSSR count). The van der Waals surface area contributed by atoms with Crippen LogP contribution < -0.4 is 5.32 Å². The second-order valence-corrected chi connectivity index (χ2v) is 9.49. The lowest BCUT2D eigenvalue weighted by Gasteiger charge is -2.26. The first kappa shape index (κ1) is 20.0. The smallest absolute Gasteiger partial charge is 0.146 e. The van der Waals surface area contributed by atoms with Gasteiger partial charge in [-0.3, -0.25) is 4.90 Å². The van der Waals surface area contributed by atoms with Crippen LogP contribution in [0.15, 0.2) is 0 Å². The van der Waals surface area contributed by atoms with E-state index in [0.29, 0.717) is 6.04 Å². The van der Waals surface area contributed by atoms with E-state index in [0.717, 1.165) is 57.5 Å². The molecule has 0 aromatic carbocycles. The monoisotopic (exact) mass is 403 g/mol. The predicted octanol–water partition coefficient (Wildman–Crippen LogP) is 3.15. The van der Waals surface area contributed by atoms with Crippen molar-refractivity contribution in [1.82, 2.24) is 19.8 Å². The fourth-order valence-electron chi connectivity index (χ4n) is 4.09. The van der Waals surface area contributed by atoms with Crippen LogP contribution in [-0.2, 0) is 24.1 Å². The molecule has 1 fully saturated rings. The molecular formula is C21H33N5OS. The summed E-state index contributed by atoms with van der Waals surface area (Å²) in [4.78, 5) is 17.4. The Bertz CT molecular complexity index is 800. The molecule has 1 atom stereocenters. The minimum absolute atomic E-state index is 0.385. The van der Waals surface area contributed by atoms with Crippen molar-refractivity contribution >= 4 is 27.4 Å². The SMILES string of the molecule is CC(CCN(C)C)Nc1nc(CN2CCOCC2)nc2sc3c(c12)CCCC3. The zero-order chi connectivity index (χ0) is 19.5. The highest BCUT2D eigenvalue weighted by Crippen LogP contribution is 2.39. The summed E-state index contributed by atoms with van der Waals surface area (Å²) in [5.41, 5.74) is 1.51. The van der Waals surface area contributed by atoms with Crippen LogP contribution in [0.4, 0.5) is 5.82 Å². The summed E-state index contributed by atoms with van der Waals surface area (Å²) >= 11 is 1.89. The molecule has 0 radical (unpaired) electrons. The first-order valence-corrected chi connectivity index (χ1v) is 11.4. The quantitative estimate of drug-likeness (QED) is 0.766. The van der Waals surface area contributed by atoms with Crippen LogP contribution in [0, 0.1) is 0 Å². The van der Waals surface area contributed by atoms with Crippen molar-refractivity contribution in [2.75, 3.05) is 52.3 Å². The number of aryl methyl sites for hydroxylation is 2. The van der Waals surface area contributed by atoms with E-state index in [2.05, 4.69) is 36.1 Å². The second kappa shape index (κ2) is 9.03. The molecule has 2 aliphatic rings. The lowest BCUT2D eigenvalue weighted by Crippen LogP contribution is -2.36. The summed E-state index contributed by atoms with van der Waals surface area (Å²) in [6.45, 7) is 7.68. The zero-order valence-corrected chi connectivity index (χ0v) is 18.3. The van der Waals surface area contributed by atoms with Gasteiger partial charge in [0.05, 0.1) is 25.1 Å². The predicted molar refractivity (Wildman–Crippen MR) is 116 cm³/mol. The van der Waals surface area contributed by atoms with Gasteiger partial charge in [-0.2, -0.15) is 0 Å². The van der Waals surface area contributed by atoms with E-state index < -0.39 is 0 Å². The Morgan fingerprint density at radius 1 is 1.18 bits per heavy atom. The topological polar surface area (TPSA) is 53.5 Å². The summed E-state index contributed by atoms with van der Waals surface area (Å²) in [5.74, 6) is 1.99. The third kappa shape index (κ3) is 4.64. The number of rotatable bonds is 7. The van der Waals surface area contributed by atoms with Crippen molar-refractivity contribution in [2.24, 2.45) is 0 Å². The van der Waals surface area contributed by atoms with Crippen molar-refractivity contribution in [3.8, 4) is 0 Å². The number of morpholine rings is 1. The van der Waals surface area contributed by atoms with Crippen LogP contribution in [0.3, 0.4) is 0 Å². The first-order valence-electron chi connectivity index (χ1n) is 10.6. The summed E-state index contributed by atoms with van der Waals surface area (Å²) in [5, 5.41) is 5.03. The fraction of sp³-hybridized carbons (Fsp3) is 0.714. The molecule has 6 nitrogen and oxygen atoms in total. The standard InChI is InChI=1S/C21H33N5OS/c1-15(8-9-25(2)3)22-20-19-16-6-4-5-7-17(16)28-21(19)24-18(23-20)14-26-10-12-27-13-11-26/h15H,4-14H2,1-3H3,(H,22,23,24). The highest BCUT2D eigenvalue weighted by Gasteiger charge is 2.23. The molecule has 1 aliphatic carbocycles. The van der Waals surface area contributed by atoms with Gasteiger partial charge in [-0.25, -0.2) is 9.97 Å². The number of fused-ring (bicyclic) bond motifs is 3. The van der Waals surface area contributed by atoms with Gasteiger partial charge in [0.15, 0.2) is 0 Å². The molecule has 1 aliphatic heterocycles. The molecular weight excluding hydrogens is 370 g/mol. The van der Waals surface area contributed by atoms with Crippen LogP contribution in [0.2, 0.25) is 0 Å². The van der Waals surface area contributed by atoms with Crippen molar-refractivity contribution in [3.63, 3.8) is 0 Å². The van der Waals surface area contributed by atoms with E-state index in [1.165, 1.54) is 46.3 Å². The van der Waals surface area contributed by atoms with Gasteiger partial charge in [0.2, 0.25) is 0 Å². The van der Waals surface area contributed by atoms with E-state index in [-0.39, 0.29) is 0 Å². The second-order valence-electron chi connectivity index (χ2n) is 8.41. The Morgan fingerprint density at radius 3 is 2.75 bits per heavy atom. The molecule has 0 saturated carbocycles. The lowest BCUT2D eigenvalue weighted by atomic mass is 9.97. The van der Waals surface area contributed by atoms with Crippen LogP contribution in [-0.4, -0.2) is 72.8 Å². The third-order valence-electron chi connectivity index (χ3n) is 5.72. The minimum atomic E-state index is 0.385. The molecule has 3 heterocycles. The summed E-state index contributed by atoms with van der Waals surface area (Å²) in [6, 6.07) is 0.385. The number of thiophene rings is 1. The maximum Gasteiger partial charge on any atom is 0.146 e. The van der Waals surface area contributed by atoms with Crippen LogP contribution >= 0.6 is 11.3 Å². The summed E-state index contributed by atoms with van der Waals surface area (Å²) in [7, 11) is 4.26. The Balaban J connectivity index is 1.63. The van der Waals surface area contributed by atoms with Gasteiger partial charge in [-0.1, -0.05) is 0 Å². The van der Waals surface area contributed by atoms with Gasteiger partial charge in [0, 0.05) is 24.0 Å². The van der Waals surface area contributed by atoms with E-state index >= 15 is 0 Å². The summed E-state index contributed by atoms with van der Waals surface area (Å²) < 4.78 is 5.49. The lowest BCUT2D eigenvalue weighted by molar-refractivity contribution is 0.0331.